The quantitative estimate of drug-likeness (QED) is 0.817. The highest BCUT2D eigenvalue weighted by Gasteiger charge is 2.37. The van der Waals surface area contributed by atoms with Crippen LogP contribution in [0.3, 0.4) is 0 Å². The largest absolute Gasteiger partial charge is 0.416 e. The van der Waals surface area contributed by atoms with Gasteiger partial charge < -0.3 is 9.72 Å². The van der Waals surface area contributed by atoms with Gasteiger partial charge in [0, 0.05) is 13.4 Å². The van der Waals surface area contributed by atoms with E-state index >= 15 is 0 Å². The highest BCUT2D eigenvalue weighted by atomic mass is 32.2. The summed E-state index contributed by atoms with van der Waals surface area (Å²) in [6.45, 7) is 3.32. The van der Waals surface area contributed by atoms with Gasteiger partial charge in [-0.15, -0.1) is 0 Å². The number of nitrogens with one attached hydrogen (secondary N) is 1. The van der Waals surface area contributed by atoms with Crippen molar-refractivity contribution in [3.8, 4) is 0 Å². The topological polar surface area (TPSA) is 98.2 Å². The zero-order valence-corrected chi connectivity index (χ0v) is 15.9. The molecule has 0 radical (unpaired) electrons. The van der Waals surface area contributed by atoms with E-state index in [0.29, 0.717) is 10.6 Å². The highest BCUT2D eigenvalue weighted by Crippen LogP contribution is 2.39. The molecule has 0 saturated carbocycles. The average molecular weight is 408 g/mol. The molecule has 0 aliphatic carbocycles. The molecule has 1 N–H and O–H groups in total. The van der Waals surface area contributed by atoms with Crippen molar-refractivity contribution in [1.29, 1.82) is 0 Å². The van der Waals surface area contributed by atoms with Crippen molar-refractivity contribution in [3.05, 3.63) is 44.1 Å². The molecule has 150 valence electrons. The van der Waals surface area contributed by atoms with Gasteiger partial charge in [0.1, 0.15) is 5.88 Å². The number of hydrogen-bond donors (Lipinski definition) is 1. The molecule has 27 heavy (non-hydrogen) atoms. The second kappa shape index (κ2) is 7.12. The number of ether oxygens (including phenoxy) is 1. The molecule has 0 bridgehead atoms. The molecular weight excluding hydrogens is 389 g/mol. The number of aromatic amines is 1. The van der Waals surface area contributed by atoms with Crippen molar-refractivity contribution >= 4 is 20.7 Å². The van der Waals surface area contributed by atoms with E-state index < -0.39 is 44.8 Å². The van der Waals surface area contributed by atoms with Crippen LogP contribution >= 0.6 is 0 Å². The number of benzene rings is 1. The molecule has 11 heteroatoms. The van der Waals surface area contributed by atoms with Crippen LogP contribution in [0.5, 0.6) is 0 Å². The Hall–Kier alpha value is -2.14. The Morgan fingerprint density at radius 3 is 2.26 bits per heavy atom. The first kappa shape index (κ1) is 21.2. The van der Waals surface area contributed by atoms with Gasteiger partial charge in [-0.1, -0.05) is 13.8 Å². The molecule has 1 atom stereocenters. The summed E-state index contributed by atoms with van der Waals surface area (Å²) in [5.74, 6) is -1.22. The lowest BCUT2D eigenvalue weighted by molar-refractivity contribution is -0.139. The Labute approximate surface area is 152 Å². The number of sulfone groups is 1. The Kier molecular flexibility index (Phi) is 5.58. The van der Waals surface area contributed by atoms with E-state index in [2.05, 4.69) is 4.98 Å². The van der Waals surface area contributed by atoms with Gasteiger partial charge in [0.05, 0.1) is 22.6 Å². The van der Waals surface area contributed by atoms with Gasteiger partial charge in [0.15, 0.2) is 9.84 Å². The molecule has 0 fully saturated rings. The highest BCUT2D eigenvalue weighted by molar-refractivity contribution is 7.89. The van der Waals surface area contributed by atoms with Crippen molar-refractivity contribution in [2.75, 3.05) is 13.4 Å². The first-order valence-corrected chi connectivity index (χ1v) is 9.90. The Bertz CT molecular complexity index is 1080. The molecule has 2 rings (SSSR count). The molecule has 0 aliphatic rings. The summed E-state index contributed by atoms with van der Waals surface area (Å²) in [6.07, 6.45) is -4.87. The van der Waals surface area contributed by atoms with Crippen LogP contribution in [0.2, 0.25) is 0 Å². The van der Waals surface area contributed by atoms with Crippen LogP contribution in [0.15, 0.2) is 21.7 Å². The van der Waals surface area contributed by atoms with Crippen molar-refractivity contribution < 1.29 is 26.3 Å². The number of halogens is 3. The number of rotatable bonds is 5. The second-order valence-electron chi connectivity index (χ2n) is 6.60. The van der Waals surface area contributed by atoms with Crippen LogP contribution < -0.4 is 11.2 Å². The Morgan fingerprint density at radius 2 is 1.81 bits per heavy atom. The van der Waals surface area contributed by atoms with Crippen molar-refractivity contribution in [3.63, 3.8) is 0 Å². The standard InChI is InChI=1S/C16H19F3N2O5S/c1-8(2)13(26-3)9-5-10-12(6-11(9)16(17,18)19)20-15(23)21(14(10)22)7-27(4,24)25/h5-6,8,13H,7H2,1-4H3,(H,20,23). The third-order valence-corrected chi connectivity index (χ3v) is 4.71. The lowest BCUT2D eigenvalue weighted by atomic mass is 9.92. The third kappa shape index (κ3) is 4.41. The maximum absolute atomic E-state index is 13.5. The Morgan fingerprint density at radius 1 is 1.22 bits per heavy atom. The van der Waals surface area contributed by atoms with Crippen molar-refractivity contribution in [2.24, 2.45) is 5.92 Å². The molecule has 1 aromatic carbocycles. The van der Waals surface area contributed by atoms with Gasteiger partial charge in [-0.3, -0.25) is 4.79 Å². The van der Waals surface area contributed by atoms with E-state index in [-0.39, 0.29) is 22.4 Å². The number of fused-ring (bicyclic) bond motifs is 1. The summed E-state index contributed by atoms with van der Waals surface area (Å²) in [6, 6.07) is 1.68. The van der Waals surface area contributed by atoms with E-state index in [1.54, 1.807) is 13.8 Å². The maximum atomic E-state index is 13.5. The van der Waals surface area contributed by atoms with Crippen LogP contribution in [0.1, 0.15) is 31.1 Å². The van der Waals surface area contributed by atoms with Crippen LogP contribution in [0, 0.1) is 5.92 Å². The molecule has 0 saturated heterocycles. The minimum Gasteiger partial charge on any atom is -0.376 e. The SMILES string of the molecule is COC(c1cc2c(=O)n(CS(C)(=O)=O)c(=O)[nH]c2cc1C(F)(F)F)C(C)C. The van der Waals surface area contributed by atoms with Crippen molar-refractivity contribution in [2.45, 2.75) is 32.0 Å². The number of nitrogens with zero attached hydrogens (tertiary/aromatic N) is 1. The van der Waals surface area contributed by atoms with E-state index in [0.717, 1.165) is 12.3 Å². The molecule has 1 heterocycles. The predicted molar refractivity (Wildman–Crippen MR) is 93.3 cm³/mol. The summed E-state index contributed by atoms with van der Waals surface area (Å²) < 4.78 is 69.1. The zero-order valence-electron chi connectivity index (χ0n) is 15.0. The van der Waals surface area contributed by atoms with Crippen LogP contribution in [-0.4, -0.2) is 31.3 Å². The summed E-state index contributed by atoms with van der Waals surface area (Å²) in [7, 11) is -2.47. The van der Waals surface area contributed by atoms with Gasteiger partial charge in [0.2, 0.25) is 0 Å². The summed E-state index contributed by atoms with van der Waals surface area (Å²) in [4.78, 5) is 26.7. The number of alkyl halides is 3. The van der Waals surface area contributed by atoms with Gasteiger partial charge in [-0.05, 0) is 23.6 Å². The van der Waals surface area contributed by atoms with E-state index in [9.17, 15) is 31.2 Å². The van der Waals surface area contributed by atoms with Gasteiger partial charge >= 0.3 is 11.9 Å². The fraction of sp³-hybridized carbons (Fsp3) is 0.500. The summed E-state index contributed by atoms with van der Waals surface area (Å²) >= 11 is 0. The average Bonchev–Trinajstić information content (AvgIpc) is 2.50. The fourth-order valence-corrected chi connectivity index (χ4v) is 3.61. The number of methoxy groups -OCH3 is 1. The Balaban J connectivity index is 2.93. The monoisotopic (exact) mass is 408 g/mol. The number of aromatic nitrogens is 2. The van der Waals surface area contributed by atoms with E-state index in [4.69, 9.17) is 4.74 Å². The lowest BCUT2D eigenvalue weighted by Crippen LogP contribution is -2.37. The van der Waals surface area contributed by atoms with Crippen LogP contribution in [-0.2, 0) is 26.6 Å². The minimum atomic E-state index is -4.74. The lowest BCUT2D eigenvalue weighted by Gasteiger charge is -2.24. The molecule has 7 nitrogen and oxygen atoms in total. The van der Waals surface area contributed by atoms with E-state index in [1.807, 2.05) is 0 Å². The number of hydrogen-bond acceptors (Lipinski definition) is 5. The first-order chi connectivity index (χ1) is 12.3. The summed E-state index contributed by atoms with van der Waals surface area (Å²) in [5, 5.41) is -0.232. The molecule has 1 aromatic heterocycles. The predicted octanol–water partition coefficient (Wildman–Crippen LogP) is 2.05. The van der Waals surface area contributed by atoms with Crippen molar-refractivity contribution in [1.82, 2.24) is 9.55 Å². The third-order valence-electron chi connectivity index (χ3n) is 3.99. The normalized spacial score (nSPS) is 14.1. The fourth-order valence-electron chi connectivity index (χ4n) is 2.91. The minimum absolute atomic E-state index is 0.232. The van der Waals surface area contributed by atoms with Gasteiger partial charge in [-0.25, -0.2) is 17.8 Å². The van der Waals surface area contributed by atoms with Crippen LogP contribution in [0.4, 0.5) is 13.2 Å². The first-order valence-electron chi connectivity index (χ1n) is 7.84. The smallest absolute Gasteiger partial charge is 0.376 e. The second-order valence-corrected chi connectivity index (χ2v) is 8.71. The zero-order chi connectivity index (χ0) is 20.7. The maximum Gasteiger partial charge on any atom is 0.416 e. The molecule has 0 aliphatic heterocycles. The van der Waals surface area contributed by atoms with Gasteiger partial charge in [0.25, 0.3) is 5.56 Å². The summed E-state index contributed by atoms with van der Waals surface area (Å²) in [5.41, 5.74) is -3.72. The molecular formula is C16H19F3N2O5S. The van der Waals surface area contributed by atoms with Crippen LogP contribution in [0.25, 0.3) is 10.9 Å². The molecule has 0 spiro atoms. The number of H-pyrrole nitrogens is 1. The molecule has 2 aromatic rings. The molecule has 1 unspecified atom stereocenters. The molecule has 0 amide bonds. The van der Waals surface area contributed by atoms with Gasteiger partial charge in [-0.2, -0.15) is 13.2 Å². The van der Waals surface area contributed by atoms with E-state index in [1.165, 1.54) is 7.11 Å².